The number of amides is 1. The molecule has 0 atom stereocenters. The number of thioether (sulfide) groups is 1. The number of carboxylic acids is 1. The van der Waals surface area contributed by atoms with Crippen LogP contribution >= 0.6 is 11.8 Å². The molecule has 0 aliphatic heterocycles. The van der Waals surface area contributed by atoms with Gasteiger partial charge < -0.3 is 15.6 Å². The third-order valence-corrected chi connectivity index (χ3v) is 2.92. The van der Waals surface area contributed by atoms with Crippen molar-refractivity contribution in [2.24, 2.45) is 5.73 Å². The van der Waals surface area contributed by atoms with Crippen molar-refractivity contribution in [2.75, 3.05) is 12.4 Å². The highest BCUT2D eigenvalue weighted by Gasteiger charge is 2.11. The van der Waals surface area contributed by atoms with E-state index >= 15 is 0 Å². The number of carboxylic acid groups (broad SMARTS) is 1. The fourth-order valence-electron chi connectivity index (χ4n) is 1.22. The van der Waals surface area contributed by atoms with Gasteiger partial charge in [0.15, 0.2) is 0 Å². The van der Waals surface area contributed by atoms with Crippen LogP contribution in [0.5, 0.6) is 5.75 Å². The van der Waals surface area contributed by atoms with Gasteiger partial charge in [-0.1, -0.05) is 0 Å². The molecule has 0 bridgehead atoms. The van der Waals surface area contributed by atoms with E-state index in [0.29, 0.717) is 22.8 Å². The zero-order chi connectivity index (χ0) is 12.8. The van der Waals surface area contributed by atoms with Crippen LogP contribution in [-0.4, -0.2) is 29.3 Å². The molecule has 0 unspecified atom stereocenters. The van der Waals surface area contributed by atoms with Crippen LogP contribution in [0, 0.1) is 0 Å². The number of benzene rings is 1. The Labute approximate surface area is 103 Å². The summed E-state index contributed by atoms with van der Waals surface area (Å²) in [5.74, 6) is -1.07. The molecule has 1 aromatic rings. The molecular weight excluding hydrogens is 242 g/mol. The lowest BCUT2D eigenvalue weighted by Gasteiger charge is -2.08. The molecule has 0 spiro atoms. The van der Waals surface area contributed by atoms with Gasteiger partial charge in [0.1, 0.15) is 5.75 Å². The Balaban J connectivity index is 2.98. The molecule has 0 heterocycles. The lowest BCUT2D eigenvalue weighted by atomic mass is 10.2. The number of carbonyl (C=O) groups excluding carboxylic acids is 1. The summed E-state index contributed by atoms with van der Waals surface area (Å²) >= 11 is 1.04. The molecule has 1 amide bonds. The van der Waals surface area contributed by atoms with Crippen molar-refractivity contribution in [3.05, 3.63) is 23.8 Å². The first kappa shape index (κ1) is 13.4. The van der Waals surface area contributed by atoms with Gasteiger partial charge in [-0.05, 0) is 25.1 Å². The molecular formula is C11H13NO4S. The number of rotatable bonds is 6. The summed E-state index contributed by atoms with van der Waals surface area (Å²) in [5.41, 5.74) is 5.51. The van der Waals surface area contributed by atoms with Gasteiger partial charge in [0, 0.05) is 4.90 Å². The molecule has 0 aliphatic carbocycles. The first-order valence-corrected chi connectivity index (χ1v) is 5.94. The standard InChI is InChI=1S/C11H13NO4S/c1-2-16-7-3-4-8(11(12)15)9(5-7)17-6-10(13)14/h3-5H,2,6H2,1H3,(H2,12,15)(H,13,14). The van der Waals surface area contributed by atoms with E-state index < -0.39 is 11.9 Å². The molecule has 0 aliphatic rings. The number of hydrogen-bond acceptors (Lipinski definition) is 4. The molecule has 5 nitrogen and oxygen atoms in total. The maximum Gasteiger partial charge on any atom is 0.313 e. The van der Waals surface area contributed by atoms with Crippen molar-refractivity contribution in [3.63, 3.8) is 0 Å². The van der Waals surface area contributed by atoms with Crippen LogP contribution in [0.3, 0.4) is 0 Å². The molecule has 0 saturated heterocycles. The maximum absolute atomic E-state index is 11.2. The van der Waals surface area contributed by atoms with E-state index in [1.54, 1.807) is 12.1 Å². The average Bonchev–Trinajstić information content (AvgIpc) is 2.26. The number of aliphatic carboxylic acids is 1. The Bertz CT molecular complexity index is 433. The average molecular weight is 255 g/mol. The van der Waals surface area contributed by atoms with Gasteiger partial charge in [-0.25, -0.2) is 0 Å². The minimum atomic E-state index is -0.952. The summed E-state index contributed by atoms with van der Waals surface area (Å²) in [7, 11) is 0. The monoisotopic (exact) mass is 255 g/mol. The molecule has 3 N–H and O–H groups in total. The van der Waals surface area contributed by atoms with E-state index in [2.05, 4.69) is 0 Å². The smallest absolute Gasteiger partial charge is 0.313 e. The molecule has 0 aromatic heterocycles. The number of primary amides is 1. The number of hydrogen-bond donors (Lipinski definition) is 2. The lowest BCUT2D eigenvalue weighted by molar-refractivity contribution is -0.133. The molecule has 17 heavy (non-hydrogen) atoms. The third kappa shape index (κ3) is 3.99. The van der Waals surface area contributed by atoms with Crippen molar-refractivity contribution in [1.29, 1.82) is 0 Å². The molecule has 1 aromatic carbocycles. The zero-order valence-corrected chi connectivity index (χ0v) is 10.1. The van der Waals surface area contributed by atoms with Crippen molar-refractivity contribution >= 4 is 23.6 Å². The predicted molar refractivity (Wildman–Crippen MR) is 64.5 cm³/mol. The summed E-state index contributed by atoms with van der Waals surface area (Å²) in [4.78, 5) is 22.2. The maximum atomic E-state index is 11.2. The Hall–Kier alpha value is -1.69. The van der Waals surface area contributed by atoms with E-state index in [0.717, 1.165) is 11.8 Å². The van der Waals surface area contributed by atoms with Gasteiger partial charge in [0.2, 0.25) is 5.91 Å². The third-order valence-electron chi connectivity index (χ3n) is 1.88. The van der Waals surface area contributed by atoms with E-state index in [1.165, 1.54) is 6.07 Å². The Morgan fingerprint density at radius 2 is 2.18 bits per heavy atom. The van der Waals surface area contributed by atoms with Crippen LogP contribution in [0.1, 0.15) is 17.3 Å². The number of carbonyl (C=O) groups is 2. The predicted octanol–water partition coefficient (Wildman–Crippen LogP) is 1.36. The summed E-state index contributed by atoms with van der Waals surface area (Å²) < 4.78 is 5.28. The summed E-state index contributed by atoms with van der Waals surface area (Å²) in [6.07, 6.45) is 0. The summed E-state index contributed by atoms with van der Waals surface area (Å²) in [5, 5.41) is 8.61. The fourth-order valence-corrected chi connectivity index (χ4v) is 2.02. The van der Waals surface area contributed by atoms with Gasteiger partial charge in [0.25, 0.3) is 0 Å². The lowest BCUT2D eigenvalue weighted by Crippen LogP contribution is -2.12. The topological polar surface area (TPSA) is 89.6 Å². The van der Waals surface area contributed by atoms with Crippen LogP contribution in [0.15, 0.2) is 23.1 Å². The van der Waals surface area contributed by atoms with Gasteiger partial charge >= 0.3 is 5.97 Å². The molecule has 0 fully saturated rings. The Kier molecular flexibility index (Phi) is 4.84. The highest BCUT2D eigenvalue weighted by molar-refractivity contribution is 8.00. The van der Waals surface area contributed by atoms with Crippen LogP contribution in [0.2, 0.25) is 0 Å². The number of nitrogens with two attached hydrogens (primary N) is 1. The zero-order valence-electron chi connectivity index (χ0n) is 9.30. The van der Waals surface area contributed by atoms with Crippen LogP contribution in [0.4, 0.5) is 0 Å². The minimum Gasteiger partial charge on any atom is -0.494 e. The van der Waals surface area contributed by atoms with Crippen molar-refractivity contribution < 1.29 is 19.4 Å². The SMILES string of the molecule is CCOc1ccc(C(N)=O)c(SCC(=O)O)c1. The Morgan fingerprint density at radius 1 is 1.47 bits per heavy atom. The normalized spacial score (nSPS) is 9.94. The summed E-state index contributed by atoms with van der Waals surface area (Å²) in [6.45, 7) is 2.34. The van der Waals surface area contributed by atoms with Gasteiger partial charge in [-0.2, -0.15) is 0 Å². The largest absolute Gasteiger partial charge is 0.494 e. The first-order chi connectivity index (χ1) is 8.04. The molecule has 0 radical (unpaired) electrons. The van der Waals surface area contributed by atoms with E-state index in [-0.39, 0.29) is 5.75 Å². The Morgan fingerprint density at radius 3 is 2.71 bits per heavy atom. The van der Waals surface area contributed by atoms with Gasteiger partial charge in [0.05, 0.1) is 17.9 Å². The first-order valence-electron chi connectivity index (χ1n) is 4.95. The van der Waals surface area contributed by atoms with Crippen LogP contribution in [0.25, 0.3) is 0 Å². The quantitative estimate of drug-likeness (QED) is 0.749. The van der Waals surface area contributed by atoms with Crippen LogP contribution in [-0.2, 0) is 4.79 Å². The number of ether oxygens (including phenoxy) is 1. The van der Waals surface area contributed by atoms with Crippen molar-refractivity contribution in [2.45, 2.75) is 11.8 Å². The van der Waals surface area contributed by atoms with Gasteiger partial charge in [-0.15, -0.1) is 11.8 Å². The summed E-state index contributed by atoms with van der Waals surface area (Å²) in [6, 6.07) is 4.79. The second kappa shape index (κ2) is 6.15. The molecule has 92 valence electrons. The molecule has 6 heteroatoms. The van der Waals surface area contributed by atoms with E-state index in [9.17, 15) is 9.59 Å². The van der Waals surface area contributed by atoms with Crippen LogP contribution < -0.4 is 10.5 Å². The van der Waals surface area contributed by atoms with Crippen molar-refractivity contribution in [1.82, 2.24) is 0 Å². The highest BCUT2D eigenvalue weighted by atomic mass is 32.2. The fraction of sp³-hybridized carbons (Fsp3) is 0.273. The van der Waals surface area contributed by atoms with E-state index in [1.807, 2.05) is 6.92 Å². The molecule has 1 rings (SSSR count). The minimum absolute atomic E-state index is 0.129. The molecule has 0 saturated carbocycles. The van der Waals surface area contributed by atoms with E-state index in [4.69, 9.17) is 15.6 Å². The highest BCUT2D eigenvalue weighted by Crippen LogP contribution is 2.27. The second-order valence-electron chi connectivity index (χ2n) is 3.14. The second-order valence-corrected chi connectivity index (χ2v) is 4.15. The van der Waals surface area contributed by atoms with Gasteiger partial charge in [-0.3, -0.25) is 9.59 Å². The van der Waals surface area contributed by atoms with Crippen molar-refractivity contribution in [3.8, 4) is 5.75 Å².